The normalized spacial score (nSPS) is 12.5. The van der Waals surface area contributed by atoms with Gasteiger partial charge >= 0.3 is 0 Å². The van der Waals surface area contributed by atoms with E-state index >= 15 is 0 Å². The van der Waals surface area contributed by atoms with Gasteiger partial charge in [-0.3, -0.25) is 0 Å². The molecule has 1 N–H and O–H groups in total. The van der Waals surface area contributed by atoms with Crippen molar-refractivity contribution in [1.82, 2.24) is 0 Å². The molecule has 0 aliphatic rings. The Morgan fingerprint density at radius 1 is 0.824 bits per heavy atom. The number of benzene rings is 2. The molecule has 0 saturated carbocycles. The van der Waals surface area contributed by atoms with Crippen LogP contribution in [-0.2, 0) is 0 Å². The monoisotopic (exact) mass is 224 g/mol. The van der Waals surface area contributed by atoms with Crippen molar-refractivity contribution in [1.29, 1.82) is 5.53 Å². The molecule has 2 aromatic carbocycles. The smallest absolute Gasteiger partial charge is 0.206 e. The molecule has 0 aliphatic heterocycles. The quantitative estimate of drug-likeness (QED) is 0.743. The summed E-state index contributed by atoms with van der Waals surface area (Å²) in [5.41, 5.74) is 8.76. The summed E-state index contributed by atoms with van der Waals surface area (Å²) in [6, 6.07) is 18.9. The number of nitrogens with zero attached hydrogens (tertiary/aromatic N) is 3. The third-order valence-corrected chi connectivity index (χ3v) is 2.26. The molecule has 2 aromatic rings. The molecule has 4 nitrogen and oxygen atoms in total. The highest BCUT2D eigenvalue weighted by molar-refractivity contribution is 5.34. The number of hydrogen-bond acceptors (Lipinski definition) is 4. The van der Waals surface area contributed by atoms with E-state index in [-0.39, 0.29) is 0 Å². The van der Waals surface area contributed by atoms with Crippen molar-refractivity contribution in [3.8, 4) is 0 Å². The minimum Gasteiger partial charge on any atom is -0.207 e. The molecule has 0 heterocycles. The maximum Gasteiger partial charge on any atom is 0.206 e. The van der Waals surface area contributed by atoms with Gasteiger partial charge in [0, 0.05) is 5.56 Å². The lowest BCUT2D eigenvalue weighted by atomic mass is 10.2. The van der Waals surface area contributed by atoms with Crippen molar-refractivity contribution in [3.63, 3.8) is 0 Å². The lowest BCUT2D eigenvalue weighted by Gasteiger charge is -2.03. The van der Waals surface area contributed by atoms with Crippen molar-refractivity contribution in [2.24, 2.45) is 15.3 Å². The van der Waals surface area contributed by atoms with Gasteiger partial charge in [-0.05, 0) is 12.1 Å². The Kier molecular flexibility index (Phi) is 3.70. The third-order valence-electron chi connectivity index (χ3n) is 2.26. The molecule has 4 heteroatoms. The van der Waals surface area contributed by atoms with Gasteiger partial charge in [-0.1, -0.05) is 48.5 Å². The highest BCUT2D eigenvalue weighted by Crippen LogP contribution is 2.21. The number of rotatable bonds is 4. The van der Waals surface area contributed by atoms with Gasteiger partial charge in [0.25, 0.3) is 0 Å². The van der Waals surface area contributed by atoms with Crippen LogP contribution in [0.15, 0.2) is 76.0 Å². The molecular weight excluding hydrogens is 212 g/mol. The van der Waals surface area contributed by atoms with E-state index in [2.05, 4.69) is 15.3 Å². The van der Waals surface area contributed by atoms with Gasteiger partial charge in [-0.2, -0.15) is 15.3 Å². The van der Waals surface area contributed by atoms with Crippen LogP contribution in [0.5, 0.6) is 0 Å². The fourth-order valence-electron chi connectivity index (χ4n) is 1.41. The molecule has 0 bridgehead atoms. The standard InChI is InChI=1S/C13H12N4/c14-15-13(11-7-3-1-4-8-11)17-16-12-9-5-2-6-10-12/h1-10,13-14H. The van der Waals surface area contributed by atoms with Crippen molar-refractivity contribution < 1.29 is 0 Å². The molecule has 1 atom stereocenters. The zero-order valence-electron chi connectivity index (χ0n) is 9.19. The summed E-state index contributed by atoms with van der Waals surface area (Å²) in [6.45, 7) is 0. The molecule has 0 amide bonds. The van der Waals surface area contributed by atoms with E-state index < -0.39 is 6.17 Å². The second-order valence-corrected chi connectivity index (χ2v) is 3.46. The third kappa shape index (κ3) is 3.04. The van der Waals surface area contributed by atoms with Crippen molar-refractivity contribution >= 4 is 5.69 Å². The first kappa shape index (κ1) is 11.1. The number of azo groups is 1. The first-order chi connectivity index (χ1) is 8.40. The van der Waals surface area contributed by atoms with Crippen LogP contribution in [0.4, 0.5) is 5.69 Å². The van der Waals surface area contributed by atoms with Crippen LogP contribution in [-0.4, -0.2) is 0 Å². The van der Waals surface area contributed by atoms with Crippen LogP contribution in [0.1, 0.15) is 11.7 Å². The summed E-state index contributed by atoms with van der Waals surface area (Å²) >= 11 is 0. The first-order valence-corrected chi connectivity index (χ1v) is 5.27. The highest BCUT2D eigenvalue weighted by atomic mass is 15.2. The maximum absolute atomic E-state index is 7.13. The summed E-state index contributed by atoms with van der Waals surface area (Å²) in [6.07, 6.45) is -0.559. The summed E-state index contributed by atoms with van der Waals surface area (Å²) < 4.78 is 0. The van der Waals surface area contributed by atoms with E-state index in [0.29, 0.717) is 0 Å². The van der Waals surface area contributed by atoms with Gasteiger partial charge in [-0.15, -0.1) is 0 Å². The van der Waals surface area contributed by atoms with Crippen LogP contribution >= 0.6 is 0 Å². The fraction of sp³-hybridized carbons (Fsp3) is 0.0769. The molecule has 0 radical (unpaired) electrons. The Labute approximate surface area is 99.5 Å². The Morgan fingerprint density at radius 2 is 1.41 bits per heavy atom. The molecule has 0 saturated heterocycles. The SMILES string of the molecule is N=NC(N=Nc1ccccc1)c1ccccc1. The van der Waals surface area contributed by atoms with Crippen molar-refractivity contribution in [2.75, 3.05) is 0 Å². The molecule has 84 valence electrons. The zero-order chi connectivity index (χ0) is 11.9. The molecule has 1 unspecified atom stereocenters. The molecular formula is C13H12N4. The topological polar surface area (TPSA) is 60.9 Å². The van der Waals surface area contributed by atoms with Gasteiger partial charge in [0.2, 0.25) is 6.17 Å². The van der Waals surface area contributed by atoms with Crippen LogP contribution in [0, 0.1) is 5.53 Å². The maximum atomic E-state index is 7.13. The Morgan fingerprint density at radius 3 is 2.00 bits per heavy atom. The largest absolute Gasteiger partial charge is 0.207 e. The molecule has 0 aromatic heterocycles. The van der Waals surface area contributed by atoms with Crippen LogP contribution in [0.25, 0.3) is 0 Å². The van der Waals surface area contributed by atoms with Gasteiger partial charge in [0.15, 0.2) is 0 Å². The summed E-state index contributed by atoms with van der Waals surface area (Å²) in [7, 11) is 0. The van der Waals surface area contributed by atoms with E-state index in [1.165, 1.54) is 0 Å². The highest BCUT2D eigenvalue weighted by Gasteiger charge is 2.06. The average Bonchev–Trinajstić information content (AvgIpc) is 2.42. The average molecular weight is 224 g/mol. The van der Waals surface area contributed by atoms with Crippen LogP contribution in [0.2, 0.25) is 0 Å². The lowest BCUT2D eigenvalue weighted by molar-refractivity contribution is 0.667. The van der Waals surface area contributed by atoms with E-state index in [0.717, 1.165) is 11.3 Å². The minimum atomic E-state index is -0.559. The fourth-order valence-corrected chi connectivity index (χ4v) is 1.41. The predicted octanol–water partition coefficient (Wildman–Crippen LogP) is 4.50. The number of nitrogens with one attached hydrogen (secondary N) is 1. The predicted molar refractivity (Wildman–Crippen MR) is 65.3 cm³/mol. The van der Waals surface area contributed by atoms with E-state index in [4.69, 9.17) is 5.53 Å². The minimum absolute atomic E-state index is 0.559. The van der Waals surface area contributed by atoms with Crippen molar-refractivity contribution in [2.45, 2.75) is 6.17 Å². The lowest BCUT2D eigenvalue weighted by Crippen LogP contribution is -1.88. The Balaban J connectivity index is 2.16. The zero-order valence-corrected chi connectivity index (χ0v) is 9.19. The first-order valence-electron chi connectivity index (χ1n) is 5.27. The molecule has 17 heavy (non-hydrogen) atoms. The van der Waals surface area contributed by atoms with Gasteiger partial charge in [0.05, 0.1) is 5.69 Å². The van der Waals surface area contributed by atoms with Crippen LogP contribution in [0.3, 0.4) is 0 Å². The number of hydrogen-bond donors (Lipinski definition) is 1. The van der Waals surface area contributed by atoms with Gasteiger partial charge in [-0.25, -0.2) is 5.53 Å². The second-order valence-electron chi connectivity index (χ2n) is 3.46. The molecule has 0 fully saturated rings. The Hall–Kier alpha value is -2.36. The van der Waals surface area contributed by atoms with Crippen LogP contribution < -0.4 is 0 Å². The van der Waals surface area contributed by atoms with Gasteiger partial charge < -0.3 is 0 Å². The van der Waals surface area contributed by atoms with Gasteiger partial charge in [0.1, 0.15) is 0 Å². The van der Waals surface area contributed by atoms with Crippen molar-refractivity contribution in [3.05, 3.63) is 66.2 Å². The second kappa shape index (κ2) is 5.65. The molecule has 0 spiro atoms. The summed E-state index contributed by atoms with van der Waals surface area (Å²) in [5.74, 6) is 0. The van der Waals surface area contributed by atoms with E-state index in [1.54, 1.807) is 0 Å². The molecule has 2 rings (SSSR count). The molecule has 0 aliphatic carbocycles. The summed E-state index contributed by atoms with van der Waals surface area (Å²) in [5, 5.41) is 11.6. The van der Waals surface area contributed by atoms with E-state index in [9.17, 15) is 0 Å². The Bertz CT molecular complexity index is 493. The van der Waals surface area contributed by atoms with E-state index in [1.807, 2.05) is 60.7 Å². The summed E-state index contributed by atoms with van der Waals surface area (Å²) in [4.78, 5) is 0.